The Labute approximate surface area is 146 Å². The second-order valence-corrected chi connectivity index (χ2v) is 6.93. The highest BCUT2D eigenvalue weighted by atomic mass is 16.5. The predicted molar refractivity (Wildman–Crippen MR) is 94.3 cm³/mol. The van der Waals surface area contributed by atoms with Crippen LogP contribution < -0.4 is 0 Å². The summed E-state index contributed by atoms with van der Waals surface area (Å²) in [6.07, 6.45) is 4.00. The van der Waals surface area contributed by atoms with Gasteiger partial charge in [0.15, 0.2) is 0 Å². The number of benzene rings is 1. The predicted octanol–water partition coefficient (Wildman–Crippen LogP) is 4.25. The summed E-state index contributed by atoms with van der Waals surface area (Å²) in [4.78, 5) is 14.9. The molecule has 1 aromatic carbocycles. The van der Waals surface area contributed by atoms with E-state index in [2.05, 4.69) is 25.1 Å². The average molecular weight is 338 g/mol. The number of likely N-dealkylation sites (tertiary alicyclic amines) is 1. The van der Waals surface area contributed by atoms with Crippen LogP contribution in [-0.2, 0) is 11.2 Å². The third-order valence-electron chi connectivity index (χ3n) is 5.24. The Balaban J connectivity index is 1.58. The van der Waals surface area contributed by atoms with Crippen molar-refractivity contribution in [3.63, 3.8) is 0 Å². The largest absolute Gasteiger partial charge is 0.464 e. The molecule has 1 atom stereocenters. The standard InChI is InChI=1S/C20H22N2O3/c1-12-6-7-16-15(11-24-20(16)14(12)3)10-19(23)22-8-4-5-18(22)17-9-13(2)25-21-17/h6-7,9,11,18H,4-5,8,10H2,1-3H3. The van der Waals surface area contributed by atoms with Crippen LogP contribution in [0.2, 0.25) is 0 Å². The van der Waals surface area contributed by atoms with Crippen molar-refractivity contribution in [1.29, 1.82) is 0 Å². The van der Waals surface area contributed by atoms with Crippen molar-refractivity contribution in [1.82, 2.24) is 10.1 Å². The van der Waals surface area contributed by atoms with Gasteiger partial charge in [-0.1, -0.05) is 17.3 Å². The van der Waals surface area contributed by atoms with E-state index in [-0.39, 0.29) is 11.9 Å². The van der Waals surface area contributed by atoms with E-state index in [1.54, 1.807) is 6.26 Å². The first-order chi connectivity index (χ1) is 12.0. The van der Waals surface area contributed by atoms with Gasteiger partial charge in [0.1, 0.15) is 17.0 Å². The Bertz CT molecular complexity index is 938. The van der Waals surface area contributed by atoms with Crippen molar-refractivity contribution >= 4 is 16.9 Å². The molecule has 0 aliphatic carbocycles. The first-order valence-electron chi connectivity index (χ1n) is 8.73. The van der Waals surface area contributed by atoms with Gasteiger partial charge in [-0.05, 0) is 44.7 Å². The normalized spacial score (nSPS) is 17.6. The number of aromatic nitrogens is 1. The minimum Gasteiger partial charge on any atom is -0.464 e. The maximum atomic E-state index is 12.9. The molecule has 1 aliphatic heterocycles. The lowest BCUT2D eigenvalue weighted by molar-refractivity contribution is -0.131. The molecule has 2 aromatic heterocycles. The zero-order valence-corrected chi connectivity index (χ0v) is 14.8. The quantitative estimate of drug-likeness (QED) is 0.716. The molecule has 5 nitrogen and oxygen atoms in total. The van der Waals surface area contributed by atoms with Crippen LogP contribution in [0.1, 0.15) is 47.0 Å². The van der Waals surface area contributed by atoms with E-state index in [1.165, 1.54) is 5.56 Å². The maximum Gasteiger partial charge on any atom is 0.227 e. The third kappa shape index (κ3) is 2.73. The highest BCUT2D eigenvalue weighted by Gasteiger charge is 2.32. The second kappa shape index (κ2) is 6.06. The van der Waals surface area contributed by atoms with Gasteiger partial charge >= 0.3 is 0 Å². The van der Waals surface area contributed by atoms with Crippen molar-refractivity contribution in [3.8, 4) is 0 Å². The molecule has 130 valence electrons. The fourth-order valence-electron chi connectivity index (χ4n) is 3.71. The Morgan fingerprint density at radius 1 is 1.32 bits per heavy atom. The smallest absolute Gasteiger partial charge is 0.227 e. The molecule has 5 heteroatoms. The molecule has 1 unspecified atom stereocenters. The van der Waals surface area contributed by atoms with Crippen molar-refractivity contribution in [2.45, 2.75) is 46.1 Å². The van der Waals surface area contributed by atoms with Crippen LogP contribution in [-0.4, -0.2) is 22.5 Å². The van der Waals surface area contributed by atoms with Crippen LogP contribution in [0.3, 0.4) is 0 Å². The molecule has 3 aromatic rings. The fraction of sp³-hybridized carbons (Fsp3) is 0.400. The monoisotopic (exact) mass is 338 g/mol. The minimum atomic E-state index is 0.0205. The zero-order chi connectivity index (χ0) is 17.6. The second-order valence-electron chi connectivity index (χ2n) is 6.93. The van der Waals surface area contributed by atoms with Gasteiger partial charge < -0.3 is 13.8 Å². The molecule has 1 aliphatic rings. The molecular formula is C20H22N2O3. The first-order valence-corrected chi connectivity index (χ1v) is 8.73. The lowest BCUT2D eigenvalue weighted by Crippen LogP contribution is -2.31. The van der Waals surface area contributed by atoms with Gasteiger partial charge in [-0.25, -0.2) is 0 Å². The summed E-state index contributed by atoms with van der Waals surface area (Å²) < 4.78 is 10.9. The SMILES string of the molecule is Cc1cc(C2CCCN2C(=O)Cc2coc3c(C)c(C)ccc23)no1. The number of carbonyl (C=O) groups is 1. The lowest BCUT2D eigenvalue weighted by atomic mass is 10.0. The van der Waals surface area contributed by atoms with Crippen LogP contribution in [0, 0.1) is 20.8 Å². The van der Waals surface area contributed by atoms with E-state index in [0.29, 0.717) is 6.42 Å². The van der Waals surface area contributed by atoms with E-state index < -0.39 is 0 Å². The molecular weight excluding hydrogens is 316 g/mol. The molecule has 0 radical (unpaired) electrons. The summed E-state index contributed by atoms with van der Waals surface area (Å²) in [6, 6.07) is 6.08. The maximum absolute atomic E-state index is 12.9. The third-order valence-corrected chi connectivity index (χ3v) is 5.24. The number of amides is 1. The Hall–Kier alpha value is -2.56. The van der Waals surface area contributed by atoms with Crippen molar-refractivity contribution in [2.75, 3.05) is 6.54 Å². The molecule has 0 saturated carbocycles. The number of fused-ring (bicyclic) bond motifs is 1. The summed E-state index contributed by atoms with van der Waals surface area (Å²) in [7, 11) is 0. The Morgan fingerprint density at radius 3 is 2.92 bits per heavy atom. The summed E-state index contributed by atoms with van der Waals surface area (Å²) in [6.45, 7) is 6.76. The highest BCUT2D eigenvalue weighted by molar-refractivity contribution is 5.89. The van der Waals surface area contributed by atoms with Crippen molar-refractivity contribution in [3.05, 3.63) is 52.6 Å². The molecule has 3 heterocycles. The van der Waals surface area contributed by atoms with Crippen LogP contribution in [0.4, 0.5) is 0 Å². The topological polar surface area (TPSA) is 59.5 Å². The van der Waals surface area contributed by atoms with Crippen LogP contribution >= 0.6 is 0 Å². The molecule has 1 fully saturated rings. The van der Waals surface area contributed by atoms with E-state index >= 15 is 0 Å². The molecule has 4 rings (SSSR count). The zero-order valence-electron chi connectivity index (χ0n) is 14.8. The van der Waals surface area contributed by atoms with Crippen LogP contribution in [0.25, 0.3) is 11.0 Å². The number of aryl methyl sites for hydroxylation is 3. The lowest BCUT2D eigenvalue weighted by Gasteiger charge is -2.22. The molecule has 25 heavy (non-hydrogen) atoms. The van der Waals surface area contributed by atoms with E-state index in [9.17, 15) is 4.79 Å². The van der Waals surface area contributed by atoms with E-state index in [1.807, 2.05) is 24.0 Å². The Kier molecular flexibility index (Phi) is 3.86. The molecule has 1 amide bonds. The molecule has 0 bridgehead atoms. The number of carbonyl (C=O) groups excluding carboxylic acids is 1. The summed E-state index contributed by atoms with van der Waals surface area (Å²) >= 11 is 0. The fourth-order valence-corrected chi connectivity index (χ4v) is 3.71. The number of hydrogen-bond acceptors (Lipinski definition) is 4. The van der Waals surface area contributed by atoms with Gasteiger partial charge in [-0.15, -0.1) is 0 Å². The van der Waals surface area contributed by atoms with E-state index in [0.717, 1.165) is 52.9 Å². The van der Waals surface area contributed by atoms with E-state index in [4.69, 9.17) is 8.94 Å². The number of furan rings is 1. The number of hydrogen-bond donors (Lipinski definition) is 0. The minimum absolute atomic E-state index is 0.0205. The van der Waals surface area contributed by atoms with Crippen LogP contribution in [0.5, 0.6) is 0 Å². The molecule has 1 saturated heterocycles. The van der Waals surface area contributed by atoms with Gasteiger partial charge in [0.2, 0.25) is 5.91 Å². The molecule has 0 N–H and O–H groups in total. The van der Waals surface area contributed by atoms with Crippen LogP contribution in [0.15, 0.2) is 33.4 Å². The summed E-state index contributed by atoms with van der Waals surface area (Å²) in [5.41, 5.74) is 5.01. The van der Waals surface area contributed by atoms with Crippen molar-refractivity contribution in [2.24, 2.45) is 0 Å². The Morgan fingerprint density at radius 2 is 2.16 bits per heavy atom. The average Bonchev–Trinajstić information content (AvgIpc) is 3.30. The van der Waals surface area contributed by atoms with Crippen molar-refractivity contribution < 1.29 is 13.7 Å². The summed E-state index contributed by atoms with van der Waals surface area (Å²) in [5, 5.41) is 5.14. The van der Waals surface area contributed by atoms with Gasteiger partial charge in [-0.3, -0.25) is 4.79 Å². The summed E-state index contributed by atoms with van der Waals surface area (Å²) in [5.74, 6) is 0.894. The molecule has 0 spiro atoms. The first kappa shape index (κ1) is 15.9. The number of nitrogens with zero attached hydrogens (tertiary/aromatic N) is 2. The number of rotatable bonds is 3. The highest BCUT2D eigenvalue weighted by Crippen LogP contribution is 2.33. The van der Waals surface area contributed by atoms with Gasteiger partial charge in [0.25, 0.3) is 0 Å². The van der Waals surface area contributed by atoms with Gasteiger partial charge in [0.05, 0.1) is 18.7 Å². The van der Waals surface area contributed by atoms with Gasteiger partial charge in [-0.2, -0.15) is 0 Å². The van der Waals surface area contributed by atoms with Gasteiger partial charge in [0, 0.05) is 23.6 Å².